The lowest BCUT2D eigenvalue weighted by molar-refractivity contribution is -0.0426. The Bertz CT molecular complexity index is 641. The molecule has 1 aliphatic heterocycles. The molecule has 0 spiro atoms. The highest BCUT2D eigenvalue weighted by Crippen LogP contribution is 2.45. The minimum atomic E-state index is -3.01. The molecule has 0 bridgehead atoms. The third kappa shape index (κ3) is 3.37. The molecule has 4 N–H and O–H groups in total. The van der Waals surface area contributed by atoms with Crippen molar-refractivity contribution in [2.24, 2.45) is 5.73 Å². The van der Waals surface area contributed by atoms with Crippen LogP contribution in [0.25, 0.3) is 0 Å². The zero-order chi connectivity index (χ0) is 17.0. The van der Waals surface area contributed by atoms with E-state index in [1.165, 1.54) is 13.2 Å². The molecule has 0 aliphatic carbocycles. The van der Waals surface area contributed by atoms with Crippen molar-refractivity contribution >= 4 is 11.6 Å². The summed E-state index contributed by atoms with van der Waals surface area (Å²) in [5.41, 5.74) is 6.01. The average molecular weight is 323 g/mol. The van der Waals surface area contributed by atoms with Gasteiger partial charge in [-0.25, -0.2) is 8.78 Å². The predicted molar refractivity (Wildman–Crippen MR) is 84.0 cm³/mol. The number of rotatable bonds is 5. The Morgan fingerprint density at radius 1 is 1.61 bits per heavy atom. The standard InChI is InChI=1S/C16H19F2N3O2/c1-3-7-21-12-5-4-10(15(19)22)13(14(12)23-2)11-6-8-20-9-16(11,17)18/h1,4-5,11,20-21H,6-9H2,2H3,(H2,19,22). The van der Waals surface area contributed by atoms with Crippen molar-refractivity contribution in [3.8, 4) is 18.1 Å². The molecule has 1 unspecified atom stereocenters. The highest BCUT2D eigenvalue weighted by molar-refractivity contribution is 5.96. The maximum absolute atomic E-state index is 14.4. The number of ether oxygens (including phenoxy) is 1. The summed E-state index contributed by atoms with van der Waals surface area (Å²) in [5, 5.41) is 5.57. The molecule has 1 aromatic rings. The third-order valence-corrected chi connectivity index (χ3v) is 3.88. The second-order valence-corrected chi connectivity index (χ2v) is 5.31. The minimum Gasteiger partial charge on any atom is -0.494 e. The Morgan fingerprint density at radius 3 is 2.91 bits per heavy atom. The van der Waals surface area contributed by atoms with Crippen molar-refractivity contribution in [3.05, 3.63) is 23.3 Å². The van der Waals surface area contributed by atoms with E-state index in [1.807, 2.05) is 0 Å². The summed E-state index contributed by atoms with van der Waals surface area (Å²) in [6, 6.07) is 2.98. The van der Waals surface area contributed by atoms with Gasteiger partial charge in [-0.2, -0.15) is 0 Å². The van der Waals surface area contributed by atoms with Crippen LogP contribution in [0.5, 0.6) is 5.75 Å². The molecule has 1 aromatic carbocycles. The van der Waals surface area contributed by atoms with Gasteiger partial charge < -0.3 is 21.1 Å². The zero-order valence-electron chi connectivity index (χ0n) is 12.8. The molecule has 1 atom stereocenters. The van der Waals surface area contributed by atoms with Crippen LogP contribution in [0, 0.1) is 12.3 Å². The molecule has 1 fully saturated rings. The summed E-state index contributed by atoms with van der Waals surface area (Å²) in [6.07, 6.45) is 5.38. The number of nitrogens with two attached hydrogens (primary N) is 1. The third-order valence-electron chi connectivity index (χ3n) is 3.88. The van der Waals surface area contributed by atoms with Gasteiger partial charge in [0.25, 0.3) is 5.92 Å². The number of carbonyl (C=O) groups is 1. The fourth-order valence-corrected chi connectivity index (χ4v) is 2.86. The van der Waals surface area contributed by atoms with Crippen molar-refractivity contribution in [2.45, 2.75) is 18.3 Å². The Hall–Kier alpha value is -2.33. The van der Waals surface area contributed by atoms with Crippen LogP contribution in [-0.4, -0.2) is 38.6 Å². The fraction of sp³-hybridized carbons (Fsp3) is 0.438. The number of piperidine rings is 1. The number of primary amides is 1. The number of methoxy groups -OCH3 is 1. The number of nitrogens with one attached hydrogen (secondary N) is 2. The lowest BCUT2D eigenvalue weighted by Gasteiger charge is -2.34. The van der Waals surface area contributed by atoms with Gasteiger partial charge in [0.2, 0.25) is 5.91 Å². The van der Waals surface area contributed by atoms with Crippen LogP contribution in [0.3, 0.4) is 0 Å². The molecule has 0 radical (unpaired) electrons. The van der Waals surface area contributed by atoms with Crippen LogP contribution in [0.2, 0.25) is 0 Å². The van der Waals surface area contributed by atoms with Crippen LogP contribution in [-0.2, 0) is 0 Å². The number of hydrogen-bond acceptors (Lipinski definition) is 4. The van der Waals surface area contributed by atoms with E-state index in [2.05, 4.69) is 16.6 Å². The lowest BCUT2D eigenvalue weighted by atomic mass is 9.83. The maximum atomic E-state index is 14.4. The van der Waals surface area contributed by atoms with Crippen molar-refractivity contribution < 1.29 is 18.3 Å². The molecule has 1 amide bonds. The first-order valence-corrected chi connectivity index (χ1v) is 7.19. The first kappa shape index (κ1) is 17.0. The van der Waals surface area contributed by atoms with Gasteiger partial charge in [-0.3, -0.25) is 4.79 Å². The number of amides is 1. The van der Waals surface area contributed by atoms with Crippen molar-refractivity contribution in [3.63, 3.8) is 0 Å². The van der Waals surface area contributed by atoms with Crippen molar-refractivity contribution in [1.82, 2.24) is 5.32 Å². The second kappa shape index (κ2) is 6.84. The summed E-state index contributed by atoms with van der Waals surface area (Å²) >= 11 is 0. The Balaban J connectivity index is 2.61. The van der Waals surface area contributed by atoms with E-state index in [4.69, 9.17) is 16.9 Å². The van der Waals surface area contributed by atoms with Gasteiger partial charge in [0.1, 0.15) is 5.75 Å². The molecule has 5 nitrogen and oxygen atoms in total. The largest absolute Gasteiger partial charge is 0.494 e. The molecule has 124 valence electrons. The predicted octanol–water partition coefficient (Wildman–Crippen LogP) is 1.55. The van der Waals surface area contributed by atoms with Gasteiger partial charge in [0, 0.05) is 11.1 Å². The number of anilines is 1. The van der Waals surface area contributed by atoms with Gasteiger partial charge in [0.15, 0.2) is 0 Å². The molecule has 1 saturated heterocycles. The summed E-state index contributed by atoms with van der Waals surface area (Å²) < 4.78 is 34.1. The highest BCUT2D eigenvalue weighted by atomic mass is 19.3. The molecule has 2 rings (SSSR count). The Labute approximate surface area is 133 Å². The van der Waals surface area contributed by atoms with E-state index in [0.717, 1.165) is 0 Å². The number of carbonyl (C=O) groups excluding carboxylic acids is 1. The molecule has 7 heteroatoms. The Kier molecular flexibility index (Phi) is 5.06. The smallest absolute Gasteiger partial charge is 0.267 e. The molecule has 23 heavy (non-hydrogen) atoms. The Morgan fingerprint density at radius 2 is 2.35 bits per heavy atom. The van der Waals surface area contributed by atoms with E-state index < -0.39 is 24.3 Å². The topological polar surface area (TPSA) is 76.4 Å². The average Bonchev–Trinajstić information content (AvgIpc) is 2.51. The van der Waals surface area contributed by atoms with Crippen LogP contribution in [0.15, 0.2) is 12.1 Å². The molecule has 0 aromatic heterocycles. The molecular formula is C16H19F2N3O2. The number of alkyl halides is 2. The number of terminal acetylenes is 1. The van der Waals surface area contributed by atoms with E-state index >= 15 is 0 Å². The minimum absolute atomic E-state index is 0.0414. The second-order valence-electron chi connectivity index (χ2n) is 5.31. The summed E-state index contributed by atoms with van der Waals surface area (Å²) in [4.78, 5) is 11.7. The van der Waals surface area contributed by atoms with Crippen LogP contribution >= 0.6 is 0 Å². The van der Waals surface area contributed by atoms with Crippen molar-refractivity contribution in [1.29, 1.82) is 0 Å². The van der Waals surface area contributed by atoms with E-state index in [-0.39, 0.29) is 29.8 Å². The SMILES string of the molecule is C#CCNc1ccc(C(N)=O)c(C2CCNCC2(F)F)c1OC. The van der Waals surface area contributed by atoms with Crippen LogP contribution < -0.4 is 21.1 Å². The summed E-state index contributed by atoms with van der Waals surface area (Å²) in [5.74, 6) is -2.35. The van der Waals surface area contributed by atoms with E-state index in [9.17, 15) is 13.6 Å². The van der Waals surface area contributed by atoms with E-state index in [0.29, 0.717) is 12.2 Å². The maximum Gasteiger partial charge on any atom is 0.267 e. The molecule has 1 heterocycles. The molecular weight excluding hydrogens is 304 g/mol. The number of halogens is 2. The summed E-state index contributed by atoms with van der Waals surface area (Å²) in [7, 11) is 1.36. The van der Waals surface area contributed by atoms with Gasteiger partial charge >= 0.3 is 0 Å². The van der Waals surface area contributed by atoms with Crippen molar-refractivity contribution in [2.75, 3.05) is 32.1 Å². The lowest BCUT2D eigenvalue weighted by Crippen LogP contribution is -2.45. The van der Waals surface area contributed by atoms with Crippen LogP contribution in [0.4, 0.5) is 14.5 Å². The highest BCUT2D eigenvalue weighted by Gasteiger charge is 2.45. The fourth-order valence-electron chi connectivity index (χ4n) is 2.86. The number of benzene rings is 1. The first-order chi connectivity index (χ1) is 10.9. The molecule has 0 saturated carbocycles. The van der Waals surface area contributed by atoms with E-state index in [1.54, 1.807) is 6.07 Å². The number of hydrogen-bond donors (Lipinski definition) is 3. The van der Waals surface area contributed by atoms with Gasteiger partial charge in [0.05, 0.1) is 31.8 Å². The quantitative estimate of drug-likeness (QED) is 0.719. The normalized spacial score (nSPS) is 19.7. The zero-order valence-corrected chi connectivity index (χ0v) is 12.8. The first-order valence-electron chi connectivity index (χ1n) is 7.19. The summed E-state index contributed by atoms with van der Waals surface area (Å²) in [6.45, 7) is 0.166. The monoisotopic (exact) mass is 323 g/mol. The molecule has 1 aliphatic rings. The van der Waals surface area contributed by atoms with Crippen LogP contribution in [0.1, 0.15) is 28.3 Å². The van der Waals surface area contributed by atoms with Gasteiger partial charge in [-0.1, -0.05) is 5.92 Å². The van der Waals surface area contributed by atoms with Gasteiger partial charge in [-0.15, -0.1) is 6.42 Å². The van der Waals surface area contributed by atoms with Gasteiger partial charge in [-0.05, 0) is 25.1 Å².